The van der Waals surface area contributed by atoms with Gasteiger partial charge in [-0.25, -0.2) is 0 Å². The monoisotopic (exact) mass is 617 g/mol. The molecule has 5 aliphatic carbocycles. The molecule has 1 heterocycles. The number of carbonyl (C=O) groups is 1. The number of carboxylic acid groups (broad SMARTS) is 1. The number of ether oxygens (including phenoxy) is 2. The molecule has 6 aliphatic rings. The van der Waals surface area contributed by atoms with Gasteiger partial charge in [0.25, 0.3) is 0 Å². The van der Waals surface area contributed by atoms with E-state index in [1.807, 2.05) is 0 Å². The molecule has 0 radical (unpaired) electrons. The van der Waals surface area contributed by atoms with Crippen LogP contribution in [0.4, 0.5) is 0 Å². The average Bonchev–Trinajstić information content (AvgIpc) is 2.94. The van der Waals surface area contributed by atoms with Crippen LogP contribution in [0.25, 0.3) is 0 Å². The second-order valence-corrected chi connectivity index (χ2v) is 17.9. The van der Waals surface area contributed by atoms with Crippen molar-refractivity contribution in [1.29, 1.82) is 0 Å². The minimum Gasteiger partial charge on any atom is -0.481 e. The second-order valence-electron chi connectivity index (χ2n) is 17.9. The zero-order valence-corrected chi connectivity index (χ0v) is 28.1. The van der Waals surface area contributed by atoms with Gasteiger partial charge >= 0.3 is 5.97 Å². The zero-order valence-electron chi connectivity index (χ0n) is 28.1. The molecule has 13 atom stereocenters. The van der Waals surface area contributed by atoms with Crippen molar-refractivity contribution in [2.45, 2.75) is 149 Å². The van der Waals surface area contributed by atoms with Gasteiger partial charge in [0.1, 0.15) is 18.3 Å². The second kappa shape index (κ2) is 10.5. The summed E-state index contributed by atoms with van der Waals surface area (Å²) in [6.07, 6.45) is 7.56. The Labute approximate surface area is 264 Å². The number of allylic oxidation sites excluding steroid dienone is 2. The lowest BCUT2D eigenvalue weighted by Gasteiger charge is -2.71. The maximum absolute atomic E-state index is 12.9. The number of hydrogen-bond acceptors (Lipinski definition) is 7. The molecule has 0 aromatic carbocycles. The van der Waals surface area contributed by atoms with Gasteiger partial charge in [-0.05, 0) is 109 Å². The molecular formula is C36H59NO7. The first-order chi connectivity index (χ1) is 20.4. The van der Waals surface area contributed by atoms with Crippen LogP contribution in [0.2, 0.25) is 0 Å². The predicted molar refractivity (Wildman–Crippen MR) is 167 cm³/mol. The predicted octanol–water partition coefficient (Wildman–Crippen LogP) is 5.02. The van der Waals surface area contributed by atoms with Gasteiger partial charge in [0.05, 0.1) is 24.2 Å². The van der Waals surface area contributed by atoms with E-state index in [-0.39, 0.29) is 39.1 Å². The van der Waals surface area contributed by atoms with Crippen molar-refractivity contribution in [1.82, 2.24) is 0 Å². The number of aliphatic hydroxyl groups excluding tert-OH is 3. The Morgan fingerprint density at radius 3 is 2.30 bits per heavy atom. The summed E-state index contributed by atoms with van der Waals surface area (Å²) in [5.74, 6) is 0.422. The molecule has 6 rings (SSSR count). The Bertz CT molecular complexity index is 1180. The third-order valence-electron chi connectivity index (χ3n) is 15.2. The standard InChI is InChI=1S/C36H59NO7/c1-31(2)14-16-36(30(41)42)17-15-34(6)20(21(36)18-31)8-9-24-33(5)12-11-25(32(3,4)23(33)10-13-35(24,34)7)44-29-26(37)28(40)27(39)22(19-38)43-29/h8,21-29,38-40H,9-19,37H2,1-7H3,(H,41,42)/t21?,22-,23?,24?,25+,26-,27-,28-,29+,33+,34-,35-,36+/m1/s1. The number of hydrogen-bond donors (Lipinski definition) is 5. The van der Waals surface area contributed by atoms with E-state index in [1.54, 1.807) is 0 Å². The first-order valence-electron chi connectivity index (χ1n) is 17.4. The van der Waals surface area contributed by atoms with Crippen molar-refractivity contribution < 1.29 is 34.7 Å². The molecule has 6 N–H and O–H groups in total. The smallest absolute Gasteiger partial charge is 0.310 e. The molecule has 0 spiro atoms. The minimum absolute atomic E-state index is 0.0165. The van der Waals surface area contributed by atoms with E-state index in [9.17, 15) is 25.2 Å². The number of rotatable bonds is 4. The van der Waals surface area contributed by atoms with E-state index < -0.39 is 48.6 Å². The first kappa shape index (κ1) is 32.9. The van der Waals surface area contributed by atoms with Crippen LogP contribution in [0.5, 0.6) is 0 Å². The summed E-state index contributed by atoms with van der Waals surface area (Å²) in [4.78, 5) is 12.9. The van der Waals surface area contributed by atoms with E-state index in [4.69, 9.17) is 15.2 Å². The van der Waals surface area contributed by atoms with Crippen molar-refractivity contribution in [3.05, 3.63) is 11.6 Å². The minimum atomic E-state index is -1.25. The molecule has 8 nitrogen and oxygen atoms in total. The average molecular weight is 618 g/mol. The summed E-state index contributed by atoms with van der Waals surface area (Å²) < 4.78 is 12.5. The molecule has 1 aliphatic heterocycles. The fraction of sp³-hybridized carbons (Fsp3) is 0.917. The van der Waals surface area contributed by atoms with Crippen LogP contribution in [0, 0.1) is 50.2 Å². The molecule has 5 fully saturated rings. The molecule has 0 aromatic rings. The summed E-state index contributed by atoms with van der Waals surface area (Å²) in [6.45, 7) is 16.4. The molecule has 3 unspecified atom stereocenters. The van der Waals surface area contributed by atoms with Gasteiger partial charge in [0.15, 0.2) is 6.29 Å². The maximum atomic E-state index is 12.9. The zero-order chi connectivity index (χ0) is 32.3. The lowest BCUT2D eigenvalue weighted by Crippen LogP contribution is -2.66. The van der Waals surface area contributed by atoms with Crippen molar-refractivity contribution in [3.8, 4) is 0 Å². The molecule has 0 amide bonds. The Morgan fingerprint density at radius 2 is 1.64 bits per heavy atom. The van der Waals surface area contributed by atoms with Crippen LogP contribution < -0.4 is 5.73 Å². The van der Waals surface area contributed by atoms with Crippen LogP contribution >= 0.6 is 0 Å². The lowest BCUT2D eigenvalue weighted by molar-refractivity contribution is -0.303. The van der Waals surface area contributed by atoms with E-state index >= 15 is 0 Å². The normalized spacial score (nSPS) is 52.9. The van der Waals surface area contributed by atoms with Crippen LogP contribution in [-0.4, -0.2) is 69.8 Å². The molecule has 0 aromatic heterocycles. The van der Waals surface area contributed by atoms with E-state index in [0.717, 1.165) is 64.2 Å². The van der Waals surface area contributed by atoms with Crippen LogP contribution in [-0.2, 0) is 14.3 Å². The van der Waals surface area contributed by atoms with Gasteiger partial charge in [-0.2, -0.15) is 0 Å². The van der Waals surface area contributed by atoms with Gasteiger partial charge in [-0.3, -0.25) is 4.79 Å². The highest BCUT2D eigenvalue weighted by Gasteiger charge is 2.69. The van der Waals surface area contributed by atoms with Crippen molar-refractivity contribution >= 4 is 5.97 Å². The maximum Gasteiger partial charge on any atom is 0.310 e. The lowest BCUT2D eigenvalue weighted by atomic mass is 9.33. The molecule has 0 bridgehead atoms. The van der Waals surface area contributed by atoms with Crippen molar-refractivity contribution in [3.63, 3.8) is 0 Å². The largest absolute Gasteiger partial charge is 0.481 e. The van der Waals surface area contributed by atoms with Gasteiger partial charge < -0.3 is 35.6 Å². The van der Waals surface area contributed by atoms with E-state index in [1.165, 1.54) is 5.57 Å². The SMILES string of the molecule is CC1(C)CC[C@]2(C(=O)O)CC[C@]3(C)C(=CCC4[C@@]5(C)CC[C@H](O[C@@H]6O[C@H](CO)[C@@H](O)[C@H](O)[C@H]6N)C(C)(C)C5CC[C@]43C)C2C1. The molecule has 44 heavy (non-hydrogen) atoms. The quantitative estimate of drug-likeness (QED) is 0.219. The highest BCUT2D eigenvalue weighted by atomic mass is 16.7. The number of nitrogens with two attached hydrogens (primary N) is 1. The van der Waals surface area contributed by atoms with E-state index in [0.29, 0.717) is 11.8 Å². The van der Waals surface area contributed by atoms with Gasteiger partial charge in [0.2, 0.25) is 0 Å². The molecule has 250 valence electrons. The third kappa shape index (κ3) is 4.40. The van der Waals surface area contributed by atoms with Crippen LogP contribution in [0.15, 0.2) is 11.6 Å². The van der Waals surface area contributed by atoms with Gasteiger partial charge in [-0.15, -0.1) is 0 Å². The highest BCUT2D eigenvalue weighted by Crippen LogP contribution is 2.76. The Morgan fingerprint density at radius 1 is 0.955 bits per heavy atom. The Hall–Kier alpha value is -1.03. The van der Waals surface area contributed by atoms with Crippen LogP contribution in [0.3, 0.4) is 0 Å². The van der Waals surface area contributed by atoms with Crippen LogP contribution in [0.1, 0.15) is 113 Å². The molecule has 4 saturated carbocycles. The number of aliphatic hydroxyl groups is 3. The molecule has 1 saturated heterocycles. The first-order valence-corrected chi connectivity index (χ1v) is 17.4. The number of carboxylic acids is 1. The summed E-state index contributed by atoms with van der Waals surface area (Å²) >= 11 is 0. The molecular weight excluding hydrogens is 558 g/mol. The van der Waals surface area contributed by atoms with Crippen molar-refractivity contribution in [2.75, 3.05) is 6.61 Å². The third-order valence-corrected chi connectivity index (χ3v) is 15.2. The van der Waals surface area contributed by atoms with Gasteiger partial charge in [0, 0.05) is 0 Å². The summed E-state index contributed by atoms with van der Waals surface area (Å²) in [5, 5.41) is 41.2. The fourth-order valence-electron chi connectivity index (χ4n) is 12.2. The number of fused-ring (bicyclic) bond motifs is 7. The summed E-state index contributed by atoms with van der Waals surface area (Å²) in [5.41, 5.74) is 7.25. The Kier molecular flexibility index (Phi) is 7.84. The number of aliphatic carboxylic acids is 1. The summed E-state index contributed by atoms with van der Waals surface area (Å²) in [6, 6.07) is -0.901. The topological polar surface area (TPSA) is 142 Å². The summed E-state index contributed by atoms with van der Waals surface area (Å²) in [7, 11) is 0. The highest BCUT2D eigenvalue weighted by molar-refractivity contribution is 5.76. The fourth-order valence-corrected chi connectivity index (χ4v) is 12.2. The van der Waals surface area contributed by atoms with Crippen molar-refractivity contribution in [2.24, 2.45) is 56.0 Å². The Balaban J connectivity index is 1.29. The van der Waals surface area contributed by atoms with Gasteiger partial charge in [-0.1, -0.05) is 60.1 Å². The molecule has 8 heteroatoms. The van der Waals surface area contributed by atoms with E-state index in [2.05, 4.69) is 54.5 Å².